The Labute approximate surface area is 81.6 Å². The number of terminal acetylenes is 2. The zero-order valence-electron chi connectivity index (χ0n) is 7.53. The Balaban J connectivity index is 2.45. The number of hydrogen-bond acceptors (Lipinski definition) is 0. The maximum atomic E-state index is 5.32. The molecule has 0 aliphatic carbocycles. The van der Waals surface area contributed by atoms with Gasteiger partial charge >= 0.3 is 0 Å². The molecule has 0 aliphatic rings. The van der Waals surface area contributed by atoms with Crippen LogP contribution in [0.2, 0.25) is 6.04 Å². The zero-order chi connectivity index (χ0) is 9.52. The van der Waals surface area contributed by atoms with Crippen LogP contribution < -0.4 is 0 Å². The van der Waals surface area contributed by atoms with Gasteiger partial charge in [-0.25, -0.2) is 0 Å². The predicted octanol–water partition coefficient (Wildman–Crippen LogP) is 1.80. The van der Waals surface area contributed by atoms with Crippen molar-refractivity contribution in [3.63, 3.8) is 0 Å². The van der Waals surface area contributed by atoms with E-state index in [0.717, 1.165) is 12.5 Å². The lowest BCUT2D eigenvalue weighted by atomic mass is 10.2. The minimum absolute atomic E-state index is 1.01. The second-order valence-corrected chi connectivity index (χ2v) is 5.26. The van der Waals surface area contributed by atoms with Crippen LogP contribution in [0.15, 0.2) is 30.3 Å². The van der Waals surface area contributed by atoms with Gasteiger partial charge in [0.25, 0.3) is 0 Å². The smallest absolute Gasteiger partial charge is 0.126 e. The van der Waals surface area contributed by atoms with Crippen LogP contribution in [-0.2, 0) is 6.42 Å². The Hall–Kier alpha value is -1.44. The first kappa shape index (κ1) is 9.64. The summed E-state index contributed by atoms with van der Waals surface area (Å²) in [4.78, 5) is 0. The molecule has 0 saturated carbocycles. The van der Waals surface area contributed by atoms with Gasteiger partial charge in [0.2, 0.25) is 8.80 Å². The molecule has 0 amide bonds. The molecule has 64 valence electrons. The summed E-state index contributed by atoms with van der Waals surface area (Å²) in [6.45, 7) is 0. The molecular formula is C12H12Si. The third-order valence-corrected chi connectivity index (χ3v) is 3.64. The second kappa shape index (κ2) is 5.25. The van der Waals surface area contributed by atoms with Crippen LogP contribution in [0.4, 0.5) is 0 Å². The molecule has 0 radical (unpaired) electrons. The third-order valence-electron chi connectivity index (χ3n) is 1.97. The van der Waals surface area contributed by atoms with Crippen molar-refractivity contribution in [3.8, 4) is 23.9 Å². The molecule has 0 fully saturated rings. The topological polar surface area (TPSA) is 0 Å². The highest BCUT2D eigenvalue weighted by Gasteiger charge is 2.02. The van der Waals surface area contributed by atoms with Crippen molar-refractivity contribution in [2.45, 2.75) is 12.5 Å². The van der Waals surface area contributed by atoms with Gasteiger partial charge in [-0.05, 0) is 18.0 Å². The largest absolute Gasteiger partial charge is 0.201 e. The molecule has 1 rings (SSSR count). The zero-order valence-corrected chi connectivity index (χ0v) is 8.69. The summed E-state index contributed by atoms with van der Waals surface area (Å²) < 4.78 is 0. The molecule has 0 saturated heterocycles. The lowest BCUT2D eigenvalue weighted by Gasteiger charge is -2.01. The van der Waals surface area contributed by atoms with Gasteiger partial charge in [-0.1, -0.05) is 30.3 Å². The van der Waals surface area contributed by atoms with Crippen LogP contribution in [-0.4, -0.2) is 8.80 Å². The number of rotatable bonds is 3. The molecule has 0 nitrogen and oxygen atoms in total. The molecule has 1 aromatic carbocycles. The second-order valence-electron chi connectivity index (χ2n) is 2.91. The molecule has 0 atom stereocenters. The van der Waals surface area contributed by atoms with E-state index in [2.05, 4.69) is 23.2 Å². The molecule has 0 aliphatic heterocycles. The van der Waals surface area contributed by atoms with E-state index in [1.54, 1.807) is 0 Å². The van der Waals surface area contributed by atoms with Gasteiger partial charge in [0.05, 0.1) is 0 Å². The quantitative estimate of drug-likeness (QED) is 0.496. The first-order valence-corrected chi connectivity index (χ1v) is 6.30. The van der Waals surface area contributed by atoms with Crippen LogP contribution >= 0.6 is 0 Å². The maximum Gasteiger partial charge on any atom is 0.201 e. The summed E-state index contributed by atoms with van der Waals surface area (Å²) in [5.41, 5.74) is 6.77. The van der Waals surface area contributed by atoms with Crippen molar-refractivity contribution in [1.29, 1.82) is 0 Å². The Morgan fingerprint density at radius 1 is 1.08 bits per heavy atom. The number of aryl methyl sites for hydroxylation is 1. The Bertz CT molecular complexity index is 312. The molecule has 0 bridgehead atoms. The average Bonchev–Trinajstić information content (AvgIpc) is 2.21. The molecule has 0 unspecified atom stereocenters. The molecule has 0 spiro atoms. The summed E-state index contributed by atoms with van der Waals surface area (Å²) in [5, 5.41) is 0. The van der Waals surface area contributed by atoms with Crippen LogP contribution in [0, 0.1) is 23.9 Å². The van der Waals surface area contributed by atoms with E-state index >= 15 is 0 Å². The van der Waals surface area contributed by atoms with Crippen molar-refractivity contribution in [3.05, 3.63) is 35.9 Å². The minimum atomic E-state index is -1.31. The monoisotopic (exact) mass is 184 g/mol. The van der Waals surface area contributed by atoms with Gasteiger partial charge in [0, 0.05) is 0 Å². The third kappa shape index (κ3) is 3.19. The molecule has 1 aromatic rings. The molecule has 1 heteroatoms. The van der Waals surface area contributed by atoms with Crippen molar-refractivity contribution in [1.82, 2.24) is 0 Å². The summed E-state index contributed by atoms with van der Waals surface area (Å²) in [5.74, 6) is 0. The highest BCUT2D eigenvalue weighted by molar-refractivity contribution is 6.75. The fourth-order valence-electron chi connectivity index (χ4n) is 1.17. The van der Waals surface area contributed by atoms with Crippen LogP contribution in [0.3, 0.4) is 0 Å². The SMILES string of the molecule is C#C[SiH](C#C)CCc1ccccc1. The predicted molar refractivity (Wildman–Crippen MR) is 59.8 cm³/mol. The van der Waals surface area contributed by atoms with Crippen LogP contribution in [0.25, 0.3) is 0 Å². The van der Waals surface area contributed by atoms with E-state index in [4.69, 9.17) is 12.8 Å². The van der Waals surface area contributed by atoms with Crippen molar-refractivity contribution in [2.75, 3.05) is 0 Å². The summed E-state index contributed by atoms with van der Waals surface area (Å²) in [7, 11) is -1.31. The van der Waals surface area contributed by atoms with E-state index in [9.17, 15) is 0 Å². The molecule has 0 heterocycles. The maximum absolute atomic E-state index is 5.32. The van der Waals surface area contributed by atoms with Crippen LogP contribution in [0.5, 0.6) is 0 Å². The van der Waals surface area contributed by atoms with Gasteiger partial charge in [0.1, 0.15) is 0 Å². The van der Waals surface area contributed by atoms with E-state index in [1.807, 2.05) is 18.2 Å². The lowest BCUT2D eigenvalue weighted by molar-refractivity contribution is 1.12. The van der Waals surface area contributed by atoms with Crippen LogP contribution in [0.1, 0.15) is 5.56 Å². The lowest BCUT2D eigenvalue weighted by Crippen LogP contribution is -2.07. The fraction of sp³-hybridized carbons (Fsp3) is 0.167. The Morgan fingerprint density at radius 3 is 2.23 bits per heavy atom. The molecular weight excluding hydrogens is 172 g/mol. The van der Waals surface area contributed by atoms with Gasteiger partial charge in [-0.15, -0.1) is 23.9 Å². The van der Waals surface area contributed by atoms with E-state index in [1.165, 1.54) is 5.56 Å². The summed E-state index contributed by atoms with van der Waals surface area (Å²) in [6, 6.07) is 11.3. The Kier molecular flexibility index (Phi) is 3.89. The minimum Gasteiger partial charge on any atom is -0.126 e. The standard InChI is InChI=1S/C12H12Si/c1-3-13(4-2)11-10-12-8-6-5-7-9-12/h1-2,5-9,13H,10-11H2. The molecule has 0 N–H and O–H groups in total. The van der Waals surface area contributed by atoms with Crippen molar-refractivity contribution < 1.29 is 0 Å². The summed E-state index contributed by atoms with van der Waals surface area (Å²) >= 11 is 0. The fourth-order valence-corrected chi connectivity index (χ4v) is 2.22. The van der Waals surface area contributed by atoms with E-state index in [-0.39, 0.29) is 0 Å². The van der Waals surface area contributed by atoms with Gasteiger partial charge in [0.15, 0.2) is 0 Å². The van der Waals surface area contributed by atoms with E-state index in [0.29, 0.717) is 0 Å². The highest BCUT2D eigenvalue weighted by atomic mass is 28.3. The number of hydrogen-bond donors (Lipinski definition) is 0. The van der Waals surface area contributed by atoms with Gasteiger partial charge in [-0.3, -0.25) is 0 Å². The first-order valence-electron chi connectivity index (χ1n) is 4.33. The number of benzene rings is 1. The summed E-state index contributed by atoms with van der Waals surface area (Å²) in [6.07, 6.45) is 11.7. The van der Waals surface area contributed by atoms with Crippen molar-refractivity contribution in [2.24, 2.45) is 0 Å². The first-order chi connectivity index (χ1) is 6.36. The van der Waals surface area contributed by atoms with E-state index < -0.39 is 8.80 Å². The molecule has 13 heavy (non-hydrogen) atoms. The molecule has 0 aromatic heterocycles. The van der Waals surface area contributed by atoms with Gasteiger partial charge < -0.3 is 0 Å². The average molecular weight is 184 g/mol. The Morgan fingerprint density at radius 2 is 1.69 bits per heavy atom. The highest BCUT2D eigenvalue weighted by Crippen LogP contribution is 2.04. The van der Waals surface area contributed by atoms with Gasteiger partial charge in [-0.2, -0.15) is 0 Å². The normalized spacial score (nSPS) is 9.15. The van der Waals surface area contributed by atoms with Crippen molar-refractivity contribution >= 4 is 8.80 Å².